The predicted octanol–water partition coefficient (Wildman–Crippen LogP) is 2.12. The van der Waals surface area contributed by atoms with Crippen LogP contribution in [0.3, 0.4) is 0 Å². The Morgan fingerprint density at radius 2 is 1.84 bits per heavy atom. The molecule has 1 aromatic carbocycles. The fourth-order valence-electron chi connectivity index (χ4n) is 4.28. The van der Waals surface area contributed by atoms with Crippen LogP contribution in [-0.2, 0) is 27.2 Å². The maximum atomic E-state index is 11.6. The van der Waals surface area contributed by atoms with Crippen LogP contribution in [0.1, 0.15) is 56.9 Å². The Bertz CT molecular complexity index is 1050. The molecule has 5 atom stereocenters. The number of hydrogen-bond acceptors (Lipinski definition) is 9. The Morgan fingerprint density at radius 1 is 1.14 bits per heavy atom. The highest BCUT2D eigenvalue weighted by atomic mass is 16.7. The van der Waals surface area contributed by atoms with Crippen LogP contribution in [0.4, 0.5) is 0 Å². The minimum absolute atomic E-state index is 0.0823. The molecule has 0 spiro atoms. The minimum Gasteiger partial charge on any atom is -0.491 e. The summed E-state index contributed by atoms with van der Waals surface area (Å²) in [6.07, 6.45) is -3.79. The zero-order valence-corrected chi connectivity index (χ0v) is 21.9. The molecule has 2 heterocycles. The predicted molar refractivity (Wildman–Crippen MR) is 133 cm³/mol. The molecule has 1 aliphatic heterocycles. The SMILES string of the molecule is CCC(=O)OC[C@H]1O[C@@H](Oc2nn(CC3CC3)c(C)c2Cc2ccc(OC(C)C)cc2)[C@H](O)[C@@H](O)[C@@H]1O. The summed E-state index contributed by atoms with van der Waals surface area (Å²) in [5.41, 5.74) is 2.81. The smallest absolute Gasteiger partial charge is 0.305 e. The summed E-state index contributed by atoms with van der Waals surface area (Å²) in [7, 11) is 0. The highest BCUT2D eigenvalue weighted by molar-refractivity contribution is 5.68. The fraction of sp³-hybridized carbons (Fsp3) is 0.630. The van der Waals surface area contributed by atoms with Crippen LogP contribution in [0.25, 0.3) is 0 Å². The van der Waals surface area contributed by atoms with Gasteiger partial charge < -0.3 is 34.3 Å². The molecular formula is C27H38N2O8. The topological polar surface area (TPSA) is 132 Å². The van der Waals surface area contributed by atoms with Crippen molar-refractivity contribution in [2.75, 3.05) is 6.61 Å². The average Bonchev–Trinajstić information content (AvgIpc) is 3.65. The van der Waals surface area contributed by atoms with Gasteiger partial charge in [-0.15, -0.1) is 5.10 Å². The van der Waals surface area contributed by atoms with Crippen LogP contribution in [0, 0.1) is 12.8 Å². The van der Waals surface area contributed by atoms with Crippen LogP contribution in [-0.4, -0.2) is 74.5 Å². The monoisotopic (exact) mass is 518 g/mol. The third-order valence-electron chi connectivity index (χ3n) is 6.69. The van der Waals surface area contributed by atoms with Gasteiger partial charge in [0.15, 0.2) is 0 Å². The number of aromatic nitrogens is 2. The number of hydrogen-bond donors (Lipinski definition) is 3. The molecule has 1 aliphatic carbocycles. The van der Waals surface area contributed by atoms with Crippen molar-refractivity contribution in [3.05, 3.63) is 41.1 Å². The van der Waals surface area contributed by atoms with E-state index in [1.54, 1.807) is 6.92 Å². The molecule has 2 fully saturated rings. The van der Waals surface area contributed by atoms with E-state index in [1.165, 1.54) is 0 Å². The standard InChI is InChI=1S/C27H38N2O8/c1-5-22(30)34-14-21-23(31)24(32)25(33)27(36-21)37-26-20(16(4)29(28-26)13-18-6-7-18)12-17-8-10-19(11-9-17)35-15(2)3/h8-11,15,18,21,23-25,27,31-33H,5-7,12-14H2,1-4H3/t21-,23-,24+,25-,27+/m1/s1. The first-order chi connectivity index (χ1) is 17.7. The van der Waals surface area contributed by atoms with E-state index in [2.05, 4.69) is 5.10 Å². The lowest BCUT2D eigenvalue weighted by Gasteiger charge is -2.39. The minimum atomic E-state index is -1.55. The van der Waals surface area contributed by atoms with Gasteiger partial charge in [-0.3, -0.25) is 9.48 Å². The molecule has 4 rings (SSSR count). The first-order valence-electron chi connectivity index (χ1n) is 13.0. The lowest BCUT2D eigenvalue weighted by molar-refractivity contribution is -0.279. The van der Waals surface area contributed by atoms with Gasteiger partial charge in [-0.2, -0.15) is 0 Å². The average molecular weight is 519 g/mol. The molecule has 3 N–H and O–H groups in total. The summed E-state index contributed by atoms with van der Waals surface area (Å²) < 4.78 is 24.6. The third-order valence-corrected chi connectivity index (χ3v) is 6.69. The number of carbonyl (C=O) groups excluding carboxylic acids is 1. The first-order valence-corrected chi connectivity index (χ1v) is 13.0. The summed E-state index contributed by atoms with van der Waals surface area (Å²) in [6, 6.07) is 7.83. The highest BCUT2D eigenvalue weighted by Gasteiger charge is 2.46. The van der Waals surface area contributed by atoms with Crippen molar-refractivity contribution in [1.29, 1.82) is 0 Å². The molecule has 0 unspecified atom stereocenters. The van der Waals surface area contributed by atoms with Gasteiger partial charge in [-0.1, -0.05) is 19.1 Å². The molecule has 1 saturated carbocycles. The van der Waals surface area contributed by atoms with Gasteiger partial charge in [0, 0.05) is 30.6 Å². The number of aliphatic hydroxyl groups excluding tert-OH is 3. The van der Waals surface area contributed by atoms with Gasteiger partial charge in [0.2, 0.25) is 12.2 Å². The quantitative estimate of drug-likeness (QED) is 0.383. The highest BCUT2D eigenvalue weighted by Crippen LogP contribution is 2.34. The number of carbonyl (C=O) groups is 1. The summed E-state index contributed by atoms with van der Waals surface area (Å²) in [5.74, 6) is 1.20. The van der Waals surface area contributed by atoms with Crippen molar-refractivity contribution >= 4 is 5.97 Å². The van der Waals surface area contributed by atoms with Crippen LogP contribution in [0.2, 0.25) is 0 Å². The van der Waals surface area contributed by atoms with Gasteiger partial charge in [0.1, 0.15) is 36.8 Å². The maximum Gasteiger partial charge on any atom is 0.305 e. The lowest BCUT2D eigenvalue weighted by Crippen LogP contribution is -2.60. The number of ether oxygens (including phenoxy) is 4. The summed E-state index contributed by atoms with van der Waals surface area (Å²) in [5, 5.41) is 36.1. The number of nitrogens with zero attached hydrogens (tertiary/aromatic N) is 2. The molecular weight excluding hydrogens is 480 g/mol. The van der Waals surface area contributed by atoms with E-state index in [0.717, 1.165) is 42.0 Å². The van der Waals surface area contributed by atoms with Crippen LogP contribution in [0.5, 0.6) is 11.6 Å². The van der Waals surface area contributed by atoms with Gasteiger partial charge >= 0.3 is 5.97 Å². The molecule has 1 saturated heterocycles. The van der Waals surface area contributed by atoms with Crippen molar-refractivity contribution in [3.8, 4) is 11.6 Å². The molecule has 0 amide bonds. The number of aliphatic hydroxyl groups is 3. The zero-order chi connectivity index (χ0) is 26.7. The molecule has 1 aromatic heterocycles. The van der Waals surface area contributed by atoms with Crippen molar-refractivity contribution in [1.82, 2.24) is 9.78 Å². The first kappa shape index (κ1) is 27.4. The third kappa shape index (κ3) is 6.81. The molecule has 2 aromatic rings. The van der Waals surface area contributed by atoms with Crippen LogP contribution < -0.4 is 9.47 Å². The van der Waals surface area contributed by atoms with E-state index in [1.807, 2.05) is 49.7 Å². The molecule has 10 nitrogen and oxygen atoms in total. The molecule has 37 heavy (non-hydrogen) atoms. The van der Waals surface area contributed by atoms with E-state index in [9.17, 15) is 20.1 Å². The summed E-state index contributed by atoms with van der Waals surface area (Å²) >= 11 is 0. The zero-order valence-electron chi connectivity index (χ0n) is 21.9. The number of rotatable bonds is 11. The van der Waals surface area contributed by atoms with Crippen molar-refractivity contribution < 1.29 is 39.1 Å². The van der Waals surface area contributed by atoms with E-state index in [0.29, 0.717) is 12.3 Å². The molecule has 0 radical (unpaired) electrons. The summed E-state index contributed by atoms with van der Waals surface area (Å²) in [6.45, 7) is 8.09. The van der Waals surface area contributed by atoms with Gasteiger partial charge in [-0.05, 0) is 57.2 Å². The van der Waals surface area contributed by atoms with Crippen molar-refractivity contribution in [2.24, 2.45) is 5.92 Å². The number of esters is 1. The van der Waals surface area contributed by atoms with Crippen LogP contribution >= 0.6 is 0 Å². The second-order valence-corrected chi connectivity index (χ2v) is 10.2. The molecule has 204 valence electrons. The Hall–Kier alpha value is -2.66. The van der Waals surface area contributed by atoms with E-state index >= 15 is 0 Å². The van der Waals surface area contributed by atoms with E-state index in [4.69, 9.17) is 18.9 Å². The van der Waals surface area contributed by atoms with Crippen molar-refractivity contribution in [2.45, 2.75) is 96.7 Å². The van der Waals surface area contributed by atoms with Crippen LogP contribution in [0.15, 0.2) is 24.3 Å². The normalized spacial score (nSPS) is 25.8. The molecule has 10 heteroatoms. The fourth-order valence-corrected chi connectivity index (χ4v) is 4.28. The second-order valence-electron chi connectivity index (χ2n) is 10.2. The van der Waals surface area contributed by atoms with E-state index in [-0.39, 0.29) is 25.0 Å². The van der Waals surface area contributed by atoms with Gasteiger partial charge in [0.25, 0.3) is 0 Å². The van der Waals surface area contributed by atoms with Gasteiger partial charge in [0.05, 0.1) is 6.10 Å². The van der Waals surface area contributed by atoms with Crippen molar-refractivity contribution in [3.63, 3.8) is 0 Å². The maximum absolute atomic E-state index is 11.6. The Labute approximate surface area is 217 Å². The Morgan fingerprint density at radius 3 is 2.46 bits per heavy atom. The Balaban J connectivity index is 1.55. The lowest BCUT2D eigenvalue weighted by atomic mass is 9.99. The summed E-state index contributed by atoms with van der Waals surface area (Å²) in [4.78, 5) is 11.6. The van der Waals surface area contributed by atoms with Gasteiger partial charge in [-0.25, -0.2) is 0 Å². The number of benzene rings is 1. The molecule has 0 bridgehead atoms. The van der Waals surface area contributed by atoms with E-state index < -0.39 is 36.7 Å². The Kier molecular flexibility index (Phi) is 8.74. The molecule has 2 aliphatic rings. The largest absolute Gasteiger partial charge is 0.491 e. The second kappa shape index (κ2) is 11.8.